The van der Waals surface area contributed by atoms with Crippen molar-refractivity contribution < 1.29 is 15.0 Å². The quantitative estimate of drug-likeness (QED) is 0.736. The van der Waals surface area contributed by atoms with E-state index >= 15 is 0 Å². The van der Waals surface area contributed by atoms with Gasteiger partial charge in [-0.3, -0.25) is 4.79 Å². The average molecular weight is 264 g/mol. The zero-order chi connectivity index (χ0) is 14.5. The van der Waals surface area contributed by atoms with E-state index < -0.39 is 0 Å². The standard InChI is InChI=1S/C16H24O3/c1-4-16(2,3)10-9-13(17)7-5-12-6-8-14(18)15(19)11-12/h6,8,11,18-19H,4-5,7,9-10H2,1-3H3. The number of carbonyl (C=O) groups excluding carboxylic acids is 1. The first-order valence-electron chi connectivity index (χ1n) is 6.86. The van der Waals surface area contributed by atoms with Crippen LogP contribution in [0.15, 0.2) is 18.2 Å². The van der Waals surface area contributed by atoms with Gasteiger partial charge in [0.05, 0.1) is 0 Å². The highest BCUT2D eigenvalue weighted by molar-refractivity contribution is 5.78. The summed E-state index contributed by atoms with van der Waals surface area (Å²) in [5, 5.41) is 18.6. The zero-order valence-electron chi connectivity index (χ0n) is 12.1. The highest BCUT2D eigenvalue weighted by Crippen LogP contribution is 2.27. The zero-order valence-corrected chi connectivity index (χ0v) is 12.1. The SMILES string of the molecule is CCC(C)(C)CCC(=O)CCc1ccc(O)c(O)c1. The molecule has 0 saturated carbocycles. The second-order valence-corrected chi connectivity index (χ2v) is 5.88. The number of Topliss-reactive ketones (excluding diaryl/α,β-unsaturated/α-hetero) is 1. The molecule has 0 radical (unpaired) electrons. The molecule has 0 amide bonds. The Kier molecular flexibility index (Phi) is 5.40. The lowest BCUT2D eigenvalue weighted by Crippen LogP contribution is -2.12. The van der Waals surface area contributed by atoms with Gasteiger partial charge in [-0.15, -0.1) is 0 Å². The average Bonchev–Trinajstić information content (AvgIpc) is 2.38. The summed E-state index contributed by atoms with van der Waals surface area (Å²) < 4.78 is 0. The topological polar surface area (TPSA) is 57.5 Å². The summed E-state index contributed by atoms with van der Waals surface area (Å²) in [6.45, 7) is 6.50. The lowest BCUT2D eigenvalue weighted by Gasteiger charge is -2.21. The van der Waals surface area contributed by atoms with E-state index in [0.29, 0.717) is 19.3 Å². The molecule has 0 saturated heterocycles. The van der Waals surface area contributed by atoms with Crippen molar-refractivity contribution >= 4 is 5.78 Å². The molecule has 2 N–H and O–H groups in total. The number of carbonyl (C=O) groups is 1. The molecule has 0 spiro atoms. The minimum absolute atomic E-state index is 0.125. The second kappa shape index (κ2) is 6.60. The lowest BCUT2D eigenvalue weighted by atomic mass is 9.84. The summed E-state index contributed by atoms with van der Waals surface area (Å²) in [6.07, 6.45) is 3.71. The molecule has 3 nitrogen and oxygen atoms in total. The monoisotopic (exact) mass is 264 g/mol. The largest absolute Gasteiger partial charge is 0.504 e. The number of aromatic hydroxyl groups is 2. The van der Waals surface area contributed by atoms with Gasteiger partial charge >= 0.3 is 0 Å². The van der Waals surface area contributed by atoms with Crippen molar-refractivity contribution in [2.24, 2.45) is 5.41 Å². The first-order valence-corrected chi connectivity index (χ1v) is 6.86. The summed E-state index contributed by atoms with van der Waals surface area (Å²) in [4.78, 5) is 11.8. The van der Waals surface area contributed by atoms with Crippen LogP contribution >= 0.6 is 0 Å². The van der Waals surface area contributed by atoms with Crippen LogP contribution in [-0.2, 0) is 11.2 Å². The van der Waals surface area contributed by atoms with Crippen molar-refractivity contribution in [3.63, 3.8) is 0 Å². The van der Waals surface area contributed by atoms with Crippen LogP contribution in [0.5, 0.6) is 11.5 Å². The predicted molar refractivity (Wildman–Crippen MR) is 76.4 cm³/mol. The van der Waals surface area contributed by atoms with Crippen molar-refractivity contribution in [2.75, 3.05) is 0 Å². The van der Waals surface area contributed by atoms with Gasteiger partial charge in [0.1, 0.15) is 5.78 Å². The molecule has 0 bridgehead atoms. The van der Waals surface area contributed by atoms with E-state index in [1.165, 1.54) is 12.1 Å². The first kappa shape index (κ1) is 15.5. The maximum Gasteiger partial charge on any atom is 0.157 e. The molecule has 1 aromatic rings. The highest BCUT2D eigenvalue weighted by Gasteiger charge is 2.16. The molecule has 19 heavy (non-hydrogen) atoms. The number of phenols is 2. The molecule has 0 aromatic heterocycles. The van der Waals surface area contributed by atoms with Crippen LogP contribution in [0.3, 0.4) is 0 Å². The summed E-state index contributed by atoms with van der Waals surface area (Å²) in [7, 11) is 0. The molecule has 0 atom stereocenters. The minimum Gasteiger partial charge on any atom is -0.504 e. The normalized spacial score (nSPS) is 11.5. The third kappa shape index (κ3) is 5.33. The van der Waals surface area contributed by atoms with Crippen LogP contribution in [0.25, 0.3) is 0 Å². The Bertz CT molecular complexity index is 436. The predicted octanol–water partition coefficient (Wildman–Crippen LogP) is 3.82. The number of rotatable bonds is 7. The fourth-order valence-electron chi connectivity index (χ4n) is 1.79. The summed E-state index contributed by atoms with van der Waals surface area (Å²) in [5.74, 6) is 0.00549. The van der Waals surface area contributed by atoms with Gasteiger partial charge < -0.3 is 10.2 Å². The van der Waals surface area contributed by atoms with E-state index in [4.69, 9.17) is 0 Å². The van der Waals surface area contributed by atoms with Gasteiger partial charge in [0, 0.05) is 12.8 Å². The highest BCUT2D eigenvalue weighted by atomic mass is 16.3. The van der Waals surface area contributed by atoms with Crippen LogP contribution < -0.4 is 0 Å². The van der Waals surface area contributed by atoms with Crippen molar-refractivity contribution in [1.82, 2.24) is 0 Å². The Labute approximate surface area is 115 Å². The Morgan fingerprint density at radius 1 is 1.16 bits per heavy atom. The Hall–Kier alpha value is -1.51. The van der Waals surface area contributed by atoms with Gasteiger partial charge in [-0.05, 0) is 36.0 Å². The summed E-state index contributed by atoms with van der Waals surface area (Å²) in [6, 6.07) is 4.70. The lowest BCUT2D eigenvalue weighted by molar-refractivity contribution is -0.119. The van der Waals surface area contributed by atoms with Gasteiger partial charge in [-0.25, -0.2) is 0 Å². The van der Waals surface area contributed by atoms with E-state index in [-0.39, 0.29) is 22.7 Å². The molecule has 1 aromatic carbocycles. The maximum absolute atomic E-state index is 11.8. The van der Waals surface area contributed by atoms with Crippen LogP contribution in [0.4, 0.5) is 0 Å². The van der Waals surface area contributed by atoms with Gasteiger partial charge in [0.15, 0.2) is 11.5 Å². The molecule has 106 valence electrons. The van der Waals surface area contributed by atoms with E-state index in [1.807, 2.05) is 0 Å². The number of ketones is 1. The number of phenolic OH excluding ortho intramolecular Hbond substituents is 2. The van der Waals surface area contributed by atoms with Gasteiger partial charge in [-0.2, -0.15) is 0 Å². The molecule has 3 heteroatoms. The number of benzene rings is 1. The Balaban J connectivity index is 2.40. The van der Waals surface area contributed by atoms with Crippen LogP contribution in [0.1, 0.15) is 52.0 Å². The molecule has 0 heterocycles. The fraction of sp³-hybridized carbons (Fsp3) is 0.562. The number of aryl methyl sites for hydroxylation is 1. The van der Waals surface area contributed by atoms with E-state index in [0.717, 1.165) is 18.4 Å². The fourth-order valence-corrected chi connectivity index (χ4v) is 1.79. The maximum atomic E-state index is 11.8. The third-order valence-electron chi connectivity index (χ3n) is 3.77. The van der Waals surface area contributed by atoms with Gasteiger partial charge in [0.2, 0.25) is 0 Å². The first-order chi connectivity index (χ1) is 8.84. The smallest absolute Gasteiger partial charge is 0.157 e. The van der Waals surface area contributed by atoms with Crippen LogP contribution in [0.2, 0.25) is 0 Å². The number of hydrogen-bond donors (Lipinski definition) is 2. The van der Waals surface area contributed by atoms with Gasteiger partial charge in [0.25, 0.3) is 0 Å². The van der Waals surface area contributed by atoms with E-state index in [1.54, 1.807) is 6.07 Å². The summed E-state index contributed by atoms with van der Waals surface area (Å²) in [5.41, 5.74) is 1.10. The van der Waals surface area contributed by atoms with Crippen LogP contribution in [0, 0.1) is 5.41 Å². The molecule has 0 aliphatic heterocycles. The van der Waals surface area contributed by atoms with Gasteiger partial charge in [-0.1, -0.05) is 33.3 Å². The molecular formula is C16H24O3. The van der Waals surface area contributed by atoms with Crippen molar-refractivity contribution in [3.8, 4) is 11.5 Å². The van der Waals surface area contributed by atoms with Crippen molar-refractivity contribution in [2.45, 2.75) is 52.9 Å². The molecule has 0 aliphatic carbocycles. The summed E-state index contributed by atoms with van der Waals surface area (Å²) >= 11 is 0. The van der Waals surface area contributed by atoms with E-state index in [2.05, 4.69) is 20.8 Å². The number of hydrogen-bond acceptors (Lipinski definition) is 3. The third-order valence-corrected chi connectivity index (χ3v) is 3.77. The Morgan fingerprint density at radius 3 is 2.42 bits per heavy atom. The Morgan fingerprint density at radius 2 is 1.84 bits per heavy atom. The second-order valence-electron chi connectivity index (χ2n) is 5.88. The molecule has 1 rings (SSSR count). The van der Waals surface area contributed by atoms with E-state index in [9.17, 15) is 15.0 Å². The molecule has 0 fully saturated rings. The minimum atomic E-state index is -0.128. The molecule has 0 unspecified atom stereocenters. The van der Waals surface area contributed by atoms with Crippen LogP contribution in [-0.4, -0.2) is 16.0 Å². The van der Waals surface area contributed by atoms with Crippen molar-refractivity contribution in [3.05, 3.63) is 23.8 Å². The van der Waals surface area contributed by atoms with Crippen molar-refractivity contribution in [1.29, 1.82) is 0 Å². The molecule has 0 aliphatic rings. The molecular weight excluding hydrogens is 240 g/mol.